The molecule has 3 nitrogen and oxygen atoms in total. The van der Waals surface area contributed by atoms with Gasteiger partial charge in [0.2, 0.25) is 0 Å². The van der Waals surface area contributed by atoms with Gasteiger partial charge in [-0.3, -0.25) is 4.79 Å². The third-order valence-corrected chi connectivity index (χ3v) is 3.80. The minimum absolute atomic E-state index is 0.0287. The Balaban J connectivity index is 1.93. The summed E-state index contributed by atoms with van der Waals surface area (Å²) in [5.41, 5.74) is 4.47. The average molecular weight is 297 g/mol. The fraction of sp³-hybridized carbons (Fsp3) is 0.316. The minimum atomic E-state index is -0.116. The molecule has 1 atom stereocenters. The molecule has 0 unspecified atom stereocenters. The molecule has 1 amide bonds. The van der Waals surface area contributed by atoms with Gasteiger partial charge in [0.25, 0.3) is 5.91 Å². The number of hydrogen-bond donors (Lipinski definition) is 1. The second kappa shape index (κ2) is 7.12. The molecule has 1 N–H and O–H groups in total. The van der Waals surface area contributed by atoms with Gasteiger partial charge in [-0.2, -0.15) is 0 Å². The van der Waals surface area contributed by atoms with Gasteiger partial charge < -0.3 is 10.1 Å². The zero-order valence-electron chi connectivity index (χ0n) is 13.6. The van der Waals surface area contributed by atoms with Crippen molar-refractivity contribution in [2.45, 2.75) is 33.7 Å². The van der Waals surface area contributed by atoms with Crippen LogP contribution in [0, 0.1) is 20.8 Å². The molecule has 0 saturated heterocycles. The van der Waals surface area contributed by atoms with Crippen LogP contribution in [0.25, 0.3) is 0 Å². The predicted octanol–water partition coefficient (Wildman–Crippen LogP) is 3.87. The van der Waals surface area contributed by atoms with Crippen LogP contribution >= 0.6 is 0 Å². The molecule has 2 aromatic carbocycles. The highest BCUT2D eigenvalue weighted by Gasteiger charge is 2.11. The second-order valence-electron chi connectivity index (χ2n) is 5.69. The Morgan fingerprint density at radius 3 is 2.50 bits per heavy atom. The molecule has 0 spiro atoms. The molecule has 0 radical (unpaired) electrons. The molecule has 2 rings (SSSR count). The van der Waals surface area contributed by atoms with Crippen molar-refractivity contribution in [2.24, 2.45) is 0 Å². The lowest BCUT2D eigenvalue weighted by molar-refractivity contribution is -0.123. The Morgan fingerprint density at radius 2 is 1.82 bits per heavy atom. The first-order valence-corrected chi connectivity index (χ1v) is 7.52. The fourth-order valence-corrected chi connectivity index (χ4v) is 2.40. The largest absolute Gasteiger partial charge is 0.483 e. The topological polar surface area (TPSA) is 38.3 Å². The van der Waals surface area contributed by atoms with Crippen molar-refractivity contribution < 1.29 is 9.53 Å². The monoisotopic (exact) mass is 297 g/mol. The molecule has 0 aliphatic carbocycles. The van der Waals surface area contributed by atoms with Crippen molar-refractivity contribution >= 4 is 5.91 Å². The first-order chi connectivity index (χ1) is 10.5. The van der Waals surface area contributed by atoms with E-state index in [2.05, 4.69) is 11.4 Å². The first-order valence-electron chi connectivity index (χ1n) is 7.52. The van der Waals surface area contributed by atoms with Crippen LogP contribution in [0.2, 0.25) is 0 Å². The minimum Gasteiger partial charge on any atom is -0.483 e. The molecule has 22 heavy (non-hydrogen) atoms. The summed E-state index contributed by atoms with van der Waals surface area (Å²) in [4.78, 5) is 12.0. The summed E-state index contributed by atoms with van der Waals surface area (Å²) in [5, 5.41) is 2.95. The van der Waals surface area contributed by atoms with Gasteiger partial charge in [-0.15, -0.1) is 0 Å². The number of rotatable bonds is 5. The van der Waals surface area contributed by atoms with Crippen LogP contribution in [-0.4, -0.2) is 12.5 Å². The van der Waals surface area contributed by atoms with E-state index in [4.69, 9.17) is 4.74 Å². The van der Waals surface area contributed by atoms with Crippen LogP contribution in [0.5, 0.6) is 5.75 Å². The standard InChI is InChI=1S/C19H23NO2/c1-13-10-14(2)15(3)18(11-13)22-12-19(21)20-16(4)17-8-6-5-7-9-17/h5-11,16H,12H2,1-4H3,(H,20,21)/t16-/m1/s1. The van der Waals surface area contributed by atoms with Gasteiger partial charge >= 0.3 is 0 Å². The van der Waals surface area contributed by atoms with Crippen molar-refractivity contribution in [2.75, 3.05) is 6.61 Å². The molecule has 0 heterocycles. The summed E-state index contributed by atoms with van der Waals surface area (Å²) in [6.45, 7) is 8.08. The third-order valence-electron chi connectivity index (χ3n) is 3.80. The van der Waals surface area contributed by atoms with Crippen LogP contribution in [0.3, 0.4) is 0 Å². The summed E-state index contributed by atoms with van der Waals surface area (Å²) in [6.07, 6.45) is 0. The van der Waals surface area contributed by atoms with Crippen LogP contribution in [0.1, 0.15) is 35.2 Å². The van der Waals surface area contributed by atoms with E-state index in [0.717, 1.165) is 22.4 Å². The zero-order valence-corrected chi connectivity index (χ0v) is 13.6. The van der Waals surface area contributed by atoms with E-state index in [1.165, 1.54) is 5.56 Å². The van der Waals surface area contributed by atoms with Crippen molar-refractivity contribution in [1.82, 2.24) is 5.32 Å². The van der Waals surface area contributed by atoms with Gasteiger partial charge in [-0.25, -0.2) is 0 Å². The smallest absolute Gasteiger partial charge is 0.258 e. The maximum Gasteiger partial charge on any atom is 0.258 e. The lowest BCUT2D eigenvalue weighted by Crippen LogP contribution is -2.31. The van der Waals surface area contributed by atoms with E-state index in [0.29, 0.717) is 0 Å². The van der Waals surface area contributed by atoms with Gasteiger partial charge in [-0.05, 0) is 56.0 Å². The molecule has 0 aromatic heterocycles. The van der Waals surface area contributed by atoms with E-state index < -0.39 is 0 Å². The molecular weight excluding hydrogens is 274 g/mol. The highest BCUT2D eigenvalue weighted by atomic mass is 16.5. The summed E-state index contributed by atoms with van der Waals surface area (Å²) >= 11 is 0. The highest BCUT2D eigenvalue weighted by molar-refractivity contribution is 5.78. The number of carbonyl (C=O) groups excluding carboxylic acids is 1. The Hall–Kier alpha value is -2.29. The van der Waals surface area contributed by atoms with Gasteiger partial charge in [0.05, 0.1) is 6.04 Å². The van der Waals surface area contributed by atoms with E-state index in [1.54, 1.807) is 0 Å². The Labute approximate surface area is 132 Å². The molecular formula is C19H23NO2. The quantitative estimate of drug-likeness (QED) is 0.910. The number of hydrogen-bond acceptors (Lipinski definition) is 2. The molecule has 2 aromatic rings. The molecule has 116 valence electrons. The van der Waals surface area contributed by atoms with E-state index in [1.807, 2.05) is 64.1 Å². The number of benzene rings is 2. The second-order valence-corrected chi connectivity index (χ2v) is 5.69. The van der Waals surface area contributed by atoms with Crippen molar-refractivity contribution in [1.29, 1.82) is 0 Å². The zero-order chi connectivity index (χ0) is 16.1. The van der Waals surface area contributed by atoms with E-state index in [9.17, 15) is 4.79 Å². The third kappa shape index (κ3) is 4.10. The Bertz CT molecular complexity index is 650. The highest BCUT2D eigenvalue weighted by Crippen LogP contribution is 2.23. The summed E-state index contributed by atoms with van der Waals surface area (Å²) in [7, 11) is 0. The van der Waals surface area contributed by atoms with Gasteiger partial charge in [0, 0.05) is 0 Å². The Morgan fingerprint density at radius 1 is 1.14 bits per heavy atom. The molecule has 0 aliphatic rings. The summed E-state index contributed by atoms with van der Waals surface area (Å²) in [6, 6.07) is 13.9. The maximum absolute atomic E-state index is 12.0. The van der Waals surface area contributed by atoms with E-state index in [-0.39, 0.29) is 18.6 Å². The van der Waals surface area contributed by atoms with Crippen molar-refractivity contribution in [3.8, 4) is 5.75 Å². The average Bonchev–Trinajstić information content (AvgIpc) is 2.50. The van der Waals surface area contributed by atoms with Crippen LogP contribution in [-0.2, 0) is 4.79 Å². The molecule has 3 heteroatoms. The number of aryl methyl sites for hydroxylation is 2. The molecule has 0 aliphatic heterocycles. The Kier molecular flexibility index (Phi) is 5.21. The summed E-state index contributed by atoms with van der Waals surface area (Å²) < 4.78 is 5.68. The van der Waals surface area contributed by atoms with Gasteiger partial charge in [-0.1, -0.05) is 36.4 Å². The van der Waals surface area contributed by atoms with Crippen LogP contribution in [0.15, 0.2) is 42.5 Å². The molecule has 0 fully saturated rings. The number of ether oxygens (including phenoxy) is 1. The number of nitrogens with one attached hydrogen (secondary N) is 1. The van der Waals surface area contributed by atoms with Crippen molar-refractivity contribution in [3.63, 3.8) is 0 Å². The predicted molar refractivity (Wildman–Crippen MR) is 89.1 cm³/mol. The molecule has 0 saturated carbocycles. The van der Waals surface area contributed by atoms with E-state index >= 15 is 0 Å². The molecule has 0 bridgehead atoms. The van der Waals surface area contributed by atoms with Crippen molar-refractivity contribution in [3.05, 3.63) is 64.7 Å². The number of amides is 1. The summed E-state index contributed by atoms with van der Waals surface area (Å²) in [5.74, 6) is 0.662. The lowest BCUT2D eigenvalue weighted by atomic mass is 10.1. The normalized spacial score (nSPS) is 11.8. The van der Waals surface area contributed by atoms with Crippen LogP contribution < -0.4 is 10.1 Å². The lowest BCUT2D eigenvalue weighted by Gasteiger charge is -2.16. The fourth-order valence-electron chi connectivity index (χ4n) is 2.40. The number of carbonyl (C=O) groups is 1. The first kappa shape index (κ1) is 16.1. The van der Waals surface area contributed by atoms with Gasteiger partial charge in [0.1, 0.15) is 5.75 Å². The van der Waals surface area contributed by atoms with Gasteiger partial charge in [0.15, 0.2) is 6.61 Å². The van der Waals surface area contributed by atoms with Crippen LogP contribution in [0.4, 0.5) is 0 Å². The maximum atomic E-state index is 12.0. The SMILES string of the molecule is Cc1cc(C)c(C)c(OCC(=O)N[C@H](C)c2ccccc2)c1.